The van der Waals surface area contributed by atoms with Crippen LogP contribution in [0.5, 0.6) is 0 Å². The summed E-state index contributed by atoms with van der Waals surface area (Å²) in [5.41, 5.74) is 1.81. The largest absolute Gasteiger partial charge is 0.349 e. The minimum absolute atomic E-state index is 0.0481. The van der Waals surface area contributed by atoms with Crippen LogP contribution < -0.4 is 5.32 Å². The van der Waals surface area contributed by atoms with Gasteiger partial charge < -0.3 is 9.88 Å². The first kappa shape index (κ1) is 14.8. The van der Waals surface area contributed by atoms with Crippen LogP contribution in [-0.4, -0.2) is 26.8 Å². The summed E-state index contributed by atoms with van der Waals surface area (Å²) < 4.78 is 4.73. The van der Waals surface area contributed by atoms with Crippen LogP contribution in [0.4, 0.5) is 0 Å². The molecule has 2 rings (SSSR count). The first-order chi connectivity index (χ1) is 9.60. The fraction of sp³-hybridized carbons (Fsp3) is 0.429. The van der Waals surface area contributed by atoms with Gasteiger partial charge in [-0.25, -0.2) is 0 Å². The Hall–Kier alpha value is -1.56. The lowest BCUT2D eigenvalue weighted by atomic mass is 10.3. The summed E-state index contributed by atoms with van der Waals surface area (Å²) in [6.45, 7) is 6.17. The molecule has 1 N–H and O–H groups in total. The third kappa shape index (κ3) is 3.72. The lowest BCUT2D eigenvalue weighted by Gasteiger charge is -2.08. The van der Waals surface area contributed by atoms with E-state index in [9.17, 15) is 4.79 Å². The monoisotopic (exact) mass is 338 g/mol. The predicted octanol–water partition coefficient (Wildman–Crippen LogP) is 2.60. The molecule has 0 aliphatic rings. The minimum Gasteiger partial charge on any atom is -0.349 e. The van der Waals surface area contributed by atoms with Crippen molar-refractivity contribution in [2.24, 2.45) is 0 Å². The van der Waals surface area contributed by atoms with Crippen molar-refractivity contribution in [3.8, 4) is 0 Å². The Balaban J connectivity index is 1.91. The van der Waals surface area contributed by atoms with Crippen molar-refractivity contribution in [1.29, 1.82) is 0 Å². The van der Waals surface area contributed by atoms with Crippen LogP contribution in [0.25, 0.3) is 0 Å². The fourth-order valence-corrected chi connectivity index (χ4v) is 2.52. The van der Waals surface area contributed by atoms with Crippen LogP contribution in [0.3, 0.4) is 0 Å². The Morgan fingerprint density at radius 1 is 1.40 bits per heavy atom. The molecule has 20 heavy (non-hydrogen) atoms. The molecule has 2 heterocycles. The number of carbonyl (C=O) groups excluding carboxylic acids is 1. The molecule has 0 unspecified atom stereocenters. The van der Waals surface area contributed by atoms with Gasteiger partial charge in [-0.15, -0.1) is 0 Å². The number of amides is 1. The van der Waals surface area contributed by atoms with Crippen LogP contribution in [-0.2, 0) is 13.1 Å². The third-order valence-electron chi connectivity index (χ3n) is 2.95. The van der Waals surface area contributed by atoms with Crippen LogP contribution in [0.1, 0.15) is 29.4 Å². The number of rotatable bonds is 6. The van der Waals surface area contributed by atoms with E-state index in [-0.39, 0.29) is 5.91 Å². The van der Waals surface area contributed by atoms with Gasteiger partial charge in [-0.3, -0.25) is 9.48 Å². The lowest BCUT2D eigenvalue weighted by Crippen LogP contribution is -2.29. The molecular formula is C14H19BrN4O. The van der Waals surface area contributed by atoms with Gasteiger partial charge in [0, 0.05) is 30.0 Å². The Morgan fingerprint density at radius 3 is 2.85 bits per heavy atom. The average molecular weight is 339 g/mol. The quantitative estimate of drug-likeness (QED) is 0.880. The fourth-order valence-electron chi connectivity index (χ4n) is 2.05. The number of hydrogen-bond donors (Lipinski definition) is 1. The first-order valence-electron chi connectivity index (χ1n) is 6.73. The summed E-state index contributed by atoms with van der Waals surface area (Å²) in [7, 11) is 0. The molecular weight excluding hydrogens is 320 g/mol. The van der Waals surface area contributed by atoms with Crippen molar-refractivity contribution in [1.82, 2.24) is 19.7 Å². The molecule has 6 heteroatoms. The molecule has 0 atom stereocenters. The molecule has 2 aromatic heterocycles. The molecule has 0 aliphatic carbocycles. The standard InChI is InChI=1S/C14H19BrN4O/c1-3-5-18-10-12(15)7-13(18)14(20)16-4-6-19-9-11(2)8-17-19/h7-10H,3-6H2,1-2H3,(H,16,20). The molecule has 0 aliphatic heterocycles. The Labute approximate surface area is 127 Å². The zero-order valence-electron chi connectivity index (χ0n) is 11.8. The second-order valence-electron chi connectivity index (χ2n) is 4.77. The van der Waals surface area contributed by atoms with E-state index >= 15 is 0 Å². The van der Waals surface area contributed by atoms with E-state index in [2.05, 4.69) is 33.3 Å². The summed E-state index contributed by atoms with van der Waals surface area (Å²) in [6.07, 6.45) is 6.71. The maximum Gasteiger partial charge on any atom is 0.268 e. The molecule has 0 aromatic carbocycles. The highest BCUT2D eigenvalue weighted by molar-refractivity contribution is 9.10. The number of nitrogens with one attached hydrogen (secondary N) is 1. The number of nitrogens with zero attached hydrogens (tertiary/aromatic N) is 3. The molecule has 5 nitrogen and oxygen atoms in total. The van der Waals surface area contributed by atoms with Gasteiger partial charge >= 0.3 is 0 Å². The van der Waals surface area contributed by atoms with Gasteiger partial charge in [0.2, 0.25) is 0 Å². The van der Waals surface area contributed by atoms with Gasteiger partial charge in [0.25, 0.3) is 5.91 Å². The van der Waals surface area contributed by atoms with E-state index in [1.807, 2.05) is 40.8 Å². The van der Waals surface area contributed by atoms with Crippen LogP contribution >= 0.6 is 15.9 Å². The summed E-state index contributed by atoms with van der Waals surface area (Å²) >= 11 is 3.41. The molecule has 108 valence electrons. The molecule has 0 radical (unpaired) electrons. The highest BCUT2D eigenvalue weighted by Crippen LogP contribution is 2.15. The number of carbonyl (C=O) groups is 1. The van der Waals surface area contributed by atoms with E-state index in [0.717, 1.165) is 23.0 Å². The van der Waals surface area contributed by atoms with Crippen LogP contribution in [0.15, 0.2) is 29.1 Å². The number of aromatic nitrogens is 3. The maximum absolute atomic E-state index is 12.2. The molecule has 0 spiro atoms. The summed E-state index contributed by atoms with van der Waals surface area (Å²) in [5, 5.41) is 7.12. The maximum atomic E-state index is 12.2. The van der Waals surface area contributed by atoms with Crippen molar-refractivity contribution in [3.05, 3.63) is 40.4 Å². The molecule has 0 saturated carbocycles. The summed E-state index contributed by atoms with van der Waals surface area (Å²) in [5.74, 6) is -0.0481. The Kier molecular flexibility index (Phi) is 5.00. The predicted molar refractivity (Wildman–Crippen MR) is 81.7 cm³/mol. The van der Waals surface area contributed by atoms with Crippen molar-refractivity contribution in [3.63, 3.8) is 0 Å². The molecule has 2 aromatic rings. The number of aryl methyl sites for hydroxylation is 2. The highest BCUT2D eigenvalue weighted by atomic mass is 79.9. The summed E-state index contributed by atoms with van der Waals surface area (Å²) in [6, 6.07) is 1.85. The van der Waals surface area contributed by atoms with Crippen molar-refractivity contribution in [2.75, 3.05) is 6.54 Å². The van der Waals surface area contributed by atoms with Gasteiger partial charge in [-0.05, 0) is 40.9 Å². The SMILES string of the molecule is CCCn1cc(Br)cc1C(=O)NCCn1cc(C)cn1. The van der Waals surface area contributed by atoms with Crippen LogP contribution in [0.2, 0.25) is 0 Å². The smallest absolute Gasteiger partial charge is 0.268 e. The topological polar surface area (TPSA) is 51.9 Å². The van der Waals surface area contributed by atoms with Crippen molar-refractivity contribution >= 4 is 21.8 Å². The number of hydrogen-bond acceptors (Lipinski definition) is 2. The zero-order valence-corrected chi connectivity index (χ0v) is 13.4. The average Bonchev–Trinajstić information content (AvgIpc) is 2.96. The molecule has 1 amide bonds. The Bertz CT molecular complexity index is 588. The lowest BCUT2D eigenvalue weighted by molar-refractivity contribution is 0.0942. The second kappa shape index (κ2) is 6.74. The van der Waals surface area contributed by atoms with Crippen molar-refractivity contribution < 1.29 is 4.79 Å². The molecule has 0 fully saturated rings. The van der Waals surface area contributed by atoms with E-state index in [0.29, 0.717) is 18.8 Å². The van der Waals surface area contributed by atoms with Crippen molar-refractivity contribution in [2.45, 2.75) is 33.4 Å². The van der Waals surface area contributed by atoms with E-state index in [1.54, 1.807) is 0 Å². The highest BCUT2D eigenvalue weighted by Gasteiger charge is 2.12. The molecule has 0 saturated heterocycles. The van der Waals surface area contributed by atoms with E-state index in [4.69, 9.17) is 0 Å². The Morgan fingerprint density at radius 2 is 2.20 bits per heavy atom. The number of halogens is 1. The van der Waals surface area contributed by atoms with Gasteiger partial charge in [0.15, 0.2) is 0 Å². The van der Waals surface area contributed by atoms with Crippen LogP contribution in [0, 0.1) is 6.92 Å². The van der Waals surface area contributed by atoms with Gasteiger partial charge in [0.05, 0.1) is 12.7 Å². The first-order valence-corrected chi connectivity index (χ1v) is 7.52. The minimum atomic E-state index is -0.0481. The zero-order chi connectivity index (χ0) is 14.5. The van der Waals surface area contributed by atoms with E-state index < -0.39 is 0 Å². The van der Waals surface area contributed by atoms with Gasteiger partial charge in [0.1, 0.15) is 5.69 Å². The van der Waals surface area contributed by atoms with E-state index in [1.165, 1.54) is 0 Å². The normalized spacial score (nSPS) is 10.8. The summed E-state index contributed by atoms with van der Waals surface area (Å²) in [4.78, 5) is 12.2. The second-order valence-corrected chi connectivity index (χ2v) is 5.69. The molecule has 0 bridgehead atoms. The van der Waals surface area contributed by atoms with Gasteiger partial charge in [-0.1, -0.05) is 6.92 Å². The third-order valence-corrected chi connectivity index (χ3v) is 3.38. The van der Waals surface area contributed by atoms with Gasteiger partial charge in [-0.2, -0.15) is 5.10 Å².